The van der Waals surface area contributed by atoms with Crippen LogP contribution in [0.5, 0.6) is 0 Å². The van der Waals surface area contributed by atoms with Gasteiger partial charge >= 0.3 is 11.9 Å². The van der Waals surface area contributed by atoms with Crippen molar-refractivity contribution in [1.82, 2.24) is 0 Å². The summed E-state index contributed by atoms with van der Waals surface area (Å²) in [5, 5.41) is 0. The third-order valence-corrected chi connectivity index (χ3v) is 2.80. The molecule has 0 aromatic carbocycles. The Morgan fingerprint density at radius 1 is 1.35 bits per heavy atom. The van der Waals surface area contributed by atoms with Gasteiger partial charge in [-0.2, -0.15) is 0 Å². The van der Waals surface area contributed by atoms with E-state index in [4.69, 9.17) is 9.47 Å². The molecule has 17 heavy (non-hydrogen) atoms. The minimum atomic E-state index is -1.14. The van der Waals surface area contributed by atoms with Gasteiger partial charge in [0, 0.05) is 13.8 Å². The molecule has 1 rings (SSSR count). The van der Waals surface area contributed by atoms with Crippen molar-refractivity contribution < 1.29 is 19.1 Å². The van der Waals surface area contributed by atoms with Gasteiger partial charge in [0.15, 0.2) is 5.92 Å². The van der Waals surface area contributed by atoms with Crippen molar-refractivity contribution >= 4 is 11.9 Å². The molecule has 96 valence electrons. The van der Waals surface area contributed by atoms with Gasteiger partial charge in [-0.15, -0.1) is 6.58 Å². The highest BCUT2D eigenvalue weighted by Gasteiger charge is 2.45. The van der Waals surface area contributed by atoms with Crippen LogP contribution >= 0.6 is 0 Å². The van der Waals surface area contributed by atoms with E-state index < -0.39 is 23.6 Å². The lowest BCUT2D eigenvalue weighted by Crippen LogP contribution is -2.48. The first kappa shape index (κ1) is 13.7. The van der Waals surface area contributed by atoms with Gasteiger partial charge in [-0.3, -0.25) is 9.59 Å². The van der Waals surface area contributed by atoms with Crippen LogP contribution in [-0.2, 0) is 19.1 Å². The molecule has 1 heterocycles. The van der Waals surface area contributed by atoms with Crippen molar-refractivity contribution in [1.29, 1.82) is 0 Å². The Balaban J connectivity index is 2.67. The zero-order valence-electron chi connectivity index (χ0n) is 10.9. The summed E-state index contributed by atoms with van der Waals surface area (Å²) in [6.45, 7) is 10.7. The van der Waals surface area contributed by atoms with E-state index in [0.29, 0.717) is 0 Å². The minimum Gasteiger partial charge on any atom is -0.422 e. The highest BCUT2D eigenvalue weighted by Crippen LogP contribution is 2.30. The standard InChI is InChI=1S/C13H20O4/c1-8(2)6-7-9(3)10-11(14)16-13(4,5)17-12(10)15/h9-10H,1,6-7H2,2-5H3. The molecular weight excluding hydrogens is 220 g/mol. The molecule has 0 N–H and O–H groups in total. The van der Waals surface area contributed by atoms with E-state index in [0.717, 1.165) is 18.4 Å². The SMILES string of the molecule is C=C(C)CCC(C)C1C(=O)OC(C)(C)OC1=O. The minimum absolute atomic E-state index is 0.0946. The molecule has 1 aliphatic rings. The number of carbonyl (C=O) groups excluding carboxylic acids is 2. The molecule has 0 spiro atoms. The second kappa shape index (κ2) is 4.90. The van der Waals surface area contributed by atoms with Crippen LogP contribution < -0.4 is 0 Å². The molecule has 0 saturated carbocycles. The second-order valence-corrected chi connectivity index (χ2v) is 5.19. The smallest absolute Gasteiger partial charge is 0.323 e. The van der Waals surface area contributed by atoms with Gasteiger partial charge in [0.1, 0.15) is 0 Å². The van der Waals surface area contributed by atoms with Gasteiger partial charge < -0.3 is 9.47 Å². The highest BCUT2D eigenvalue weighted by atomic mass is 16.7. The van der Waals surface area contributed by atoms with E-state index in [1.54, 1.807) is 13.8 Å². The van der Waals surface area contributed by atoms with Crippen LogP contribution in [0.1, 0.15) is 40.5 Å². The van der Waals surface area contributed by atoms with Gasteiger partial charge in [0.2, 0.25) is 0 Å². The first-order valence-electron chi connectivity index (χ1n) is 5.83. The van der Waals surface area contributed by atoms with Gasteiger partial charge in [-0.25, -0.2) is 0 Å². The number of ether oxygens (including phenoxy) is 2. The number of cyclic esters (lactones) is 2. The fourth-order valence-electron chi connectivity index (χ4n) is 1.83. The maximum absolute atomic E-state index is 11.8. The lowest BCUT2D eigenvalue weighted by atomic mass is 9.88. The Morgan fingerprint density at radius 3 is 2.24 bits per heavy atom. The van der Waals surface area contributed by atoms with Crippen molar-refractivity contribution in [2.75, 3.05) is 0 Å². The Bertz CT molecular complexity index is 323. The Kier molecular flexibility index (Phi) is 3.96. The zero-order valence-corrected chi connectivity index (χ0v) is 10.9. The quantitative estimate of drug-likeness (QED) is 0.430. The van der Waals surface area contributed by atoms with Crippen molar-refractivity contribution in [3.8, 4) is 0 Å². The molecule has 4 heteroatoms. The van der Waals surface area contributed by atoms with E-state index in [1.807, 2.05) is 13.8 Å². The molecule has 1 unspecified atom stereocenters. The van der Waals surface area contributed by atoms with Gasteiger partial charge in [0.25, 0.3) is 5.79 Å². The van der Waals surface area contributed by atoms with Gasteiger partial charge in [-0.1, -0.05) is 12.5 Å². The summed E-state index contributed by atoms with van der Waals surface area (Å²) in [6, 6.07) is 0. The molecule has 1 saturated heterocycles. The molecule has 0 bridgehead atoms. The number of rotatable bonds is 4. The largest absolute Gasteiger partial charge is 0.422 e. The number of hydrogen-bond acceptors (Lipinski definition) is 4. The summed E-state index contributed by atoms with van der Waals surface area (Å²) in [6.07, 6.45) is 1.52. The fraction of sp³-hybridized carbons (Fsp3) is 0.692. The predicted octanol–water partition coefficient (Wildman–Crippen LogP) is 2.43. The lowest BCUT2D eigenvalue weighted by Gasteiger charge is -2.34. The molecule has 0 aliphatic carbocycles. The van der Waals surface area contributed by atoms with Crippen molar-refractivity contribution in [3.63, 3.8) is 0 Å². The van der Waals surface area contributed by atoms with Gasteiger partial charge in [-0.05, 0) is 25.7 Å². The zero-order chi connectivity index (χ0) is 13.2. The van der Waals surface area contributed by atoms with Crippen molar-refractivity contribution in [2.45, 2.75) is 46.3 Å². The van der Waals surface area contributed by atoms with Crippen molar-refractivity contribution in [3.05, 3.63) is 12.2 Å². The van der Waals surface area contributed by atoms with Crippen LogP contribution in [0.3, 0.4) is 0 Å². The lowest BCUT2D eigenvalue weighted by molar-refractivity contribution is -0.242. The molecule has 1 aliphatic heterocycles. The molecule has 1 fully saturated rings. The van der Waals surface area contributed by atoms with E-state index >= 15 is 0 Å². The second-order valence-electron chi connectivity index (χ2n) is 5.19. The Morgan fingerprint density at radius 2 is 1.82 bits per heavy atom. The van der Waals surface area contributed by atoms with Crippen LogP contribution in [0.4, 0.5) is 0 Å². The maximum Gasteiger partial charge on any atom is 0.323 e. The number of allylic oxidation sites excluding steroid dienone is 1. The van der Waals surface area contributed by atoms with E-state index in [1.165, 1.54) is 0 Å². The molecule has 4 nitrogen and oxygen atoms in total. The summed E-state index contributed by atoms with van der Waals surface area (Å²) >= 11 is 0. The average molecular weight is 240 g/mol. The third kappa shape index (κ3) is 3.58. The molecule has 0 amide bonds. The summed E-state index contributed by atoms with van der Waals surface area (Å²) in [5.41, 5.74) is 1.04. The van der Waals surface area contributed by atoms with Crippen LogP contribution in [0.25, 0.3) is 0 Å². The summed E-state index contributed by atoms with van der Waals surface area (Å²) < 4.78 is 10.2. The summed E-state index contributed by atoms with van der Waals surface area (Å²) in [7, 11) is 0. The molecule has 0 aromatic heterocycles. The number of hydrogen-bond donors (Lipinski definition) is 0. The van der Waals surface area contributed by atoms with Gasteiger partial charge in [0.05, 0.1) is 0 Å². The summed E-state index contributed by atoms with van der Waals surface area (Å²) in [4.78, 5) is 23.5. The Hall–Kier alpha value is -1.32. The monoisotopic (exact) mass is 240 g/mol. The maximum atomic E-state index is 11.8. The molecule has 1 atom stereocenters. The van der Waals surface area contributed by atoms with E-state index in [9.17, 15) is 9.59 Å². The van der Waals surface area contributed by atoms with Crippen LogP contribution in [0, 0.1) is 11.8 Å². The fourth-order valence-corrected chi connectivity index (χ4v) is 1.83. The first-order valence-corrected chi connectivity index (χ1v) is 5.83. The van der Waals surface area contributed by atoms with Crippen molar-refractivity contribution in [2.24, 2.45) is 11.8 Å². The first-order chi connectivity index (χ1) is 7.73. The topological polar surface area (TPSA) is 52.6 Å². The number of esters is 2. The highest BCUT2D eigenvalue weighted by molar-refractivity contribution is 5.96. The van der Waals surface area contributed by atoms with Crippen LogP contribution in [0.15, 0.2) is 12.2 Å². The van der Waals surface area contributed by atoms with Crippen LogP contribution in [-0.4, -0.2) is 17.7 Å². The predicted molar refractivity (Wildman–Crippen MR) is 63.0 cm³/mol. The molecule has 0 aromatic rings. The third-order valence-electron chi connectivity index (χ3n) is 2.80. The average Bonchev–Trinajstić information content (AvgIpc) is 2.11. The molecule has 0 radical (unpaired) electrons. The number of carbonyl (C=O) groups is 2. The Labute approximate surface area is 102 Å². The molecular formula is C13H20O4. The van der Waals surface area contributed by atoms with E-state index in [-0.39, 0.29) is 5.92 Å². The normalized spacial score (nSPS) is 21.6. The summed E-state index contributed by atoms with van der Waals surface area (Å²) in [5.74, 6) is -3.01. The van der Waals surface area contributed by atoms with Crippen LogP contribution in [0.2, 0.25) is 0 Å². The van der Waals surface area contributed by atoms with E-state index in [2.05, 4.69) is 6.58 Å².